The summed E-state index contributed by atoms with van der Waals surface area (Å²) < 4.78 is 5.67. The van der Waals surface area contributed by atoms with Gasteiger partial charge in [-0.1, -0.05) is 38.1 Å². The molecule has 1 amide bonds. The number of carboxylic acid groups (broad SMARTS) is 1. The molecule has 156 valence electrons. The van der Waals surface area contributed by atoms with E-state index in [-0.39, 0.29) is 18.2 Å². The molecular weight excluding hydrogens is 402 g/mol. The number of carboxylic acids is 1. The molecule has 1 atom stereocenters. The van der Waals surface area contributed by atoms with Crippen LogP contribution in [0, 0.1) is 5.92 Å². The van der Waals surface area contributed by atoms with E-state index in [1.165, 1.54) is 11.3 Å². The molecular formula is C22H23N3O4S. The molecule has 2 heterocycles. The molecule has 0 fully saturated rings. The summed E-state index contributed by atoms with van der Waals surface area (Å²) in [5.41, 5.74) is 1.31. The molecule has 1 aromatic carbocycles. The standard InChI is InChI=1S/C22H23N3O4S/c1-14(2)11-17(21(27)28)19-13-30-22(24-19)25-20(26)18-10-6-7-15(23-18)12-29-16-8-4-3-5-9-16/h3-10,13-14,17H,11-12H2,1-2H3,(H,27,28)(H,24,25,26). The molecule has 0 saturated heterocycles. The van der Waals surface area contributed by atoms with Gasteiger partial charge in [0.15, 0.2) is 5.13 Å². The summed E-state index contributed by atoms with van der Waals surface area (Å²) >= 11 is 1.20. The minimum absolute atomic E-state index is 0.218. The van der Waals surface area contributed by atoms with Crippen LogP contribution in [0.2, 0.25) is 0 Å². The fourth-order valence-corrected chi connectivity index (χ4v) is 3.60. The second-order valence-corrected chi connectivity index (χ2v) is 8.03. The number of rotatable bonds is 9. The van der Waals surface area contributed by atoms with E-state index in [1.807, 2.05) is 44.2 Å². The predicted octanol–water partition coefficient (Wildman–Crippen LogP) is 4.58. The van der Waals surface area contributed by atoms with E-state index in [9.17, 15) is 14.7 Å². The number of ether oxygens (including phenoxy) is 1. The number of para-hydroxylation sites is 1. The molecule has 0 radical (unpaired) electrons. The first-order valence-corrected chi connectivity index (χ1v) is 10.4. The van der Waals surface area contributed by atoms with Crippen LogP contribution in [0.5, 0.6) is 5.75 Å². The molecule has 0 saturated carbocycles. The van der Waals surface area contributed by atoms with Crippen molar-refractivity contribution in [2.24, 2.45) is 5.92 Å². The smallest absolute Gasteiger partial charge is 0.312 e. The van der Waals surface area contributed by atoms with Crippen LogP contribution < -0.4 is 10.1 Å². The van der Waals surface area contributed by atoms with E-state index >= 15 is 0 Å². The van der Waals surface area contributed by atoms with E-state index in [2.05, 4.69) is 15.3 Å². The van der Waals surface area contributed by atoms with Crippen LogP contribution in [0.25, 0.3) is 0 Å². The molecule has 3 rings (SSSR count). The normalized spacial score (nSPS) is 11.8. The Morgan fingerprint density at radius 2 is 1.87 bits per heavy atom. The summed E-state index contributed by atoms with van der Waals surface area (Å²) in [4.78, 5) is 32.8. The van der Waals surface area contributed by atoms with Crippen LogP contribution in [-0.2, 0) is 11.4 Å². The van der Waals surface area contributed by atoms with Crippen molar-refractivity contribution in [3.8, 4) is 5.75 Å². The molecule has 7 nitrogen and oxygen atoms in total. The highest BCUT2D eigenvalue weighted by atomic mass is 32.1. The lowest BCUT2D eigenvalue weighted by atomic mass is 9.95. The number of hydrogen-bond acceptors (Lipinski definition) is 6. The number of benzene rings is 1. The number of aliphatic carboxylic acids is 1. The number of anilines is 1. The van der Waals surface area contributed by atoms with Crippen LogP contribution in [0.3, 0.4) is 0 Å². The first kappa shape index (κ1) is 21.4. The van der Waals surface area contributed by atoms with Gasteiger partial charge in [-0.2, -0.15) is 0 Å². The topological polar surface area (TPSA) is 101 Å². The number of thiazole rings is 1. The van der Waals surface area contributed by atoms with Gasteiger partial charge in [-0.05, 0) is 36.6 Å². The van der Waals surface area contributed by atoms with Crippen LogP contribution >= 0.6 is 11.3 Å². The number of carbonyl (C=O) groups is 2. The average molecular weight is 426 g/mol. The Kier molecular flexibility index (Phi) is 7.13. The number of hydrogen-bond donors (Lipinski definition) is 2. The van der Waals surface area contributed by atoms with E-state index in [4.69, 9.17) is 4.74 Å². The van der Waals surface area contributed by atoms with Gasteiger partial charge in [0.1, 0.15) is 24.0 Å². The van der Waals surface area contributed by atoms with E-state index in [0.717, 1.165) is 5.75 Å². The lowest BCUT2D eigenvalue weighted by Crippen LogP contribution is -2.16. The maximum absolute atomic E-state index is 12.6. The van der Waals surface area contributed by atoms with Crippen molar-refractivity contribution in [3.05, 3.63) is 71.0 Å². The zero-order chi connectivity index (χ0) is 21.5. The first-order chi connectivity index (χ1) is 14.4. The van der Waals surface area contributed by atoms with Crippen molar-refractivity contribution < 1.29 is 19.4 Å². The van der Waals surface area contributed by atoms with Crippen LogP contribution in [0.15, 0.2) is 53.9 Å². The summed E-state index contributed by atoms with van der Waals surface area (Å²) in [5.74, 6) is -1.08. The zero-order valence-corrected chi connectivity index (χ0v) is 17.6. The van der Waals surface area contributed by atoms with Gasteiger partial charge in [0.05, 0.1) is 11.4 Å². The number of amides is 1. The van der Waals surface area contributed by atoms with Gasteiger partial charge < -0.3 is 9.84 Å². The second-order valence-electron chi connectivity index (χ2n) is 7.17. The summed E-state index contributed by atoms with van der Waals surface area (Å²) in [5, 5.41) is 14.2. The van der Waals surface area contributed by atoms with Crippen molar-refractivity contribution in [3.63, 3.8) is 0 Å². The summed E-state index contributed by atoms with van der Waals surface area (Å²) in [6.07, 6.45) is 0.484. The van der Waals surface area contributed by atoms with Gasteiger partial charge in [-0.15, -0.1) is 11.3 Å². The van der Waals surface area contributed by atoms with Gasteiger partial charge in [0.2, 0.25) is 0 Å². The van der Waals surface area contributed by atoms with E-state index in [1.54, 1.807) is 23.6 Å². The maximum atomic E-state index is 12.6. The molecule has 0 bridgehead atoms. The Bertz CT molecular complexity index is 1000. The van der Waals surface area contributed by atoms with Gasteiger partial charge in [0, 0.05) is 5.38 Å². The minimum Gasteiger partial charge on any atom is -0.487 e. The largest absolute Gasteiger partial charge is 0.487 e. The third-order valence-corrected chi connectivity index (χ3v) is 5.05. The number of nitrogens with zero attached hydrogens (tertiary/aromatic N) is 2. The zero-order valence-electron chi connectivity index (χ0n) is 16.7. The lowest BCUT2D eigenvalue weighted by Gasteiger charge is -2.12. The quantitative estimate of drug-likeness (QED) is 0.520. The number of aromatic nitrogens is 2. The molecule has 30 heavy (non-hydrogen) atoms. The Morgan fingerprint density at radius 3 is 2.57 bits per heavy atom. The maximum Gasteiger partial charge on any atom is 0.312 e. The van der Waals surface area contributed by atoms with Crippen molar-refractivity contribution >= 4 is 28.3 Å². The lowest BCUT2D eigenvalue weighted by molar-refractivity contribution is -0.139. The van der Waals surface area contributed by atoms with Gasteiger partial charge in [-0.3, -0.25) is 14.9 Å². The van der Waals surface area contributed by atoms with E-state index < -0.39 is 17.8 Å². The average Bonchev–Trinajstić information content (AvgIpc) is 3.19. The highest BCUT2D eigenvalue weighted by Crippen LogP contribution is 2.27. The highest BCUT2D eigenvalue weighted by molar-refractivity contribution is 7.14. The third kappa shape index (κ3) is 5.87. The molecule has 2 N–H and O–H groups in total. The number of nitrogens with one attached hydrogen (secondary N) is 1. The molecule has 0 spiro atoms. The Morgan fingerprint density at radius 1 is 1.10 bits per heavy atom. The van der Waals surface area contributed by atoms with Crippen LogP contribution in [0.1, 0.15) is 48.1 Å². The van der Waals surface area contributed by atoms with Gasteiger partial charge in [-0.25, -0.2) is 9.97 Å². The minimum atomic E-state index is -0.917. The van der Waals surface area contributed by atoms with Crippen molar-refractivity contribution in [2.75, 3.05) is 5.32 Å². The van der Waals surface area contributed by atoms with Crippen molar-refractivity contribution in [1.29, 1.82) is 0 Å². The molecule has 2 aromatic heterocycles. The van der Waals surface area contributed by atoms with Crippen molar-refractivity contribution in [2.45, 2.75) is 32.8 Å². The van der Waals surface area contributed by atoms with E-state index in [0.29, 0.717) is 22.9 Å². The fourth-order valence-electron chi connectivity index (χ4n) is 2.84. The Hall–Kier alpha value is -3.26. The fraction of sp³-hybridized carbons (Fsp3) is 0.273. The van der Waals surface area contributed by atoms with Gasteiger partial charge >= 0.3 is 5.97 Å². The molecule has 0 aliphatic rings. The summed E-state index contributed by atoms with van der Waals surface area (Å²) in [6.45, 7) is 4.17. The van der Waals surface area contributed by atoms with Crippen LogP contribution in [0.4, 0.5) is 5.13 Å². The van der Waals surface area contributed by atoms with Gasteiger partial charge in [0.25, 0.3) is 5.91 Å². The summed E-state index contributed by atoms with van der Waals surface area (Å²) in [7, 11) is 0. The van der Waals surface area contributed by atoms with Crippen molar-refractivity contribution in [1.82, 2.24) is 9.97 Å². The van der Waals surface area contributed by atoms with Crippen LogP contribution in [-0.4, -0.2) is 27.0 Å². The highest BCUT2D eigenvalue weighted by Gasteiger charge is 2.24. The third-order valence-electron chi connectivity index (χ3n) is 4.27. The molecule has 0 aliphatic heterocycles. The summed E-state index contributed by atoms with van der Waals surface area (Å²) in [6, 6.07) is 14.5. The second kappa shape index (κ2) is 9.98. The number of carbonyl (C=O) groups excluding carboxylic acids is 1. The number of pyridine rings is 1. The Labute approximate surface area is 178 Å². The Balaban J connectivity index is 1.65. The monoisotopic (exact) mass is 425 g/mol. The predicted molar refractivity (Wildman–Crippen MR) is 115 cm³/mol. The molecule has 1 unspecified atom stereocenters. The molecule has 0 aliphatic carbocycles. The molecule has 3 aromatic rings. The molecule has 8 heteroatoms. The first-order valence-electron chi connectivity index (χ1n) is 9.55. The SMILES string of the molecule is CC(C)CC(C(=O)O)c1csc(NC(=O)c2cccc(COc3ccccc3)n2)n1.